The van der Waals surface area contributed by atoms with Crippen LogP contribution in [0.4, 0.5) is 10.1 Å². The molecule has 0 aliphatic heterocycles. The molecule has 5 nitrogen and oxygen atoms in total. The van der Waals surface area contributed by atoms with Gasteiger partial charge >= 0.3 is 0 Å². The molecule has 0 aliphatic rings. The number of benzene rings is 2. The minimum atomic E-state index is -0.800. The molecule has 0 aliphatic carbocycles. The minimum Gasteiger partial charge on any atom is -0.496 e. The van der Waals surface area contributed by atoms with E-state index >= 15 is 0 Å². The molecule has 0 atom stereocenters. The van der Waals surface area contributed by atoms with Crippen molar-refractivity contribution in [3.05, 3.63) is 56.8 Å². The van der Waals surface area contributed by atoms with Gasteiger partial charge in [0.25, 0.3) is 5.69 Å². The number of nitro groups is 1. The molecule has 0 fully saturated rings. The molecule has 0 N–H and O–H groups in total. The maximum Gasteiger partial charge on any atom is 0.272 e. The summed E-state index contributed by atoms with van der Waals surface area (Å²) in [4.78, 5) is 9.85. The maximum atomic E-state index is 13.7. The largest absolute Gasteiger partial charge is 0.496 e. The number of hydrogen-bond acceptors (Lipinski definition) is 4. The molecule has 2 rings (SSSR count). The SMILES string of the molecule is COc1ccc(Oc2ccc([N+](=O)[O-])cc2F)cc1Br. The van der Waals surface area contributed by atoms with Crippen molar-refractivity contribution in [1.82, 2.24) is 0 Å². The Hall–Kier alpha value is -2.15. The van der Waals surface area contributed by atoms with Gasteiger partial charge in [-0.1, -0.05) is 0 Å². The topological polar surface area (TPSA) is 61.6 Å². The fourth-order valence-electron chi connectivity index (χ4n) is 1.52. The predicted octanol–water partition coefficient (Wildman–Crippen LogP) is 4.30. The van der Waals surface area contributed by atoms with Crippen LogP contribution in [0.15, 0.2) is 40.9 Å². The van der Waals surface area contributed by atoms with Crippen LogP contribution in [0.1, 0.15) is 0 Å². The molecule has 0 spiro atoms. The van der Waals surface area contributed by atoms with E-state index in [1.165, 1.54) is 19.2 Å². The molecule has 0 amide bonds. The third-order valence-electron chi connectivity index (χ3n) is 2.48. The van der Waals surface area contributed by atoms with Crippen LogP contribution in [0.5, 0.6) is 17.2 Å². The van der Waals surface area contributed by atoms with Crippen molar-refractivity contribution < 1.29 is 18.8 Å². The lowest BCUT2D eigenvalue weighted by atomic mass is 10.3. The highest BCUT2D eigenvalue weighted by Crippen LogP contribution is 2.33. The molecule has 2 aromatic carbocycles. The van der Waals surface area contributed by atoms with Crippen molar-refractivity contribution in [2.45, 2.75) is 0 Å². The van der Waals surface area contributed by atoms with Crippen molar-refractivity contribution in [2.24, 2.45) is 0 Å². The first-order chi connectivity index (χ1) is 9.51. The monoisotopic (exact) mass is 341 g/mol. The van der Waals surface area contributed by atoms with Gasteiger partial charge in [0, 0.05) is 6.07 Å². The average Bonchev–Trinajstić information content (AvgIpc) is 2.41. The highest BCUT2D eigenvalue weighted by molar-refractivity contribution is 9.10. The van der Waals surface area contributed by atoms with Gasteiger partial charge in [0.1, 0.15) is 11.5 Å². The quantitative estimate of drug-likeness (QED) is 0.614. The van der Waals surface area contributed by atoms with Crippen LogP contribution in [0.25, 0.3) is 0 Å². The zero-order chi connectivity index (χ0) is 14.7. The van der Waals surface area contributed by atoms with Gasteiger partial charge in [-0.3, -0.25) is 10.1 Å². The summed E-state index contributed by atoms with van der Waals surface area (Å²) in [7, 11) is 1.52. The Morgan fingerprint density at radius 3 is 2.45 bits per heavy atom. The number of nitro benzene ring substituents is 1. The number of non-ortho nitro benzene ring substituents is 1. The van der Waals surface area contributed by atoms with Crippen LogP contribution in [-0.2, 0) is 0 Å². The van der Waals surface area contributed by atoms with E-state index in [2.05, 4.69) is 15.9 Å². The van der Waals surface area contributed by atoms with E-state index in [1.807, 2.05) is 0 Å². The second kappa shape index (κ2) is 5.87. The predicted molar refractivity (Wildman–Crippen MR) is 73.8 cm³/mol. The Morgan fingerprint density at radius 1 is 1.20 bits per heavy atom. The Labute approximate surface area is 122 Å². The summed E-state index contributed by atoms with van der Waals surface area (Å²) in [6, 6.07) is 8.07. The van der Waals surface area contributed by atoms with Gasteiger partial charge in [0.15, 0.2) is 11.6 Å². The summed E-state index contributed by atoms with van der Waals surface area (Å²) in [6.07, 6.45) is 0. The van der Waals surface area contributed by atoms with Crippen molar-refractivity contribution in [3.8, 4) is 17.2 Å². The average molecular weight is 342 g/mol. The number of hydrogen-bond donors (Lipinski definition) is 0. The molecule has 0 saturated heterocycles. The second-order valence-corrected chi connectivity index (χ2v) is 4.62. The lowest BCUT2D eigenvalue weighted by molar-refractivity contribution is -0.385. The molecule has 0 radical (unpaired) electrons. The van der Waals surface area contributed by atoms with Gasteiger partial charge in [-0.15, -0.1) is 0 Å². The number of methoxy groups -OCH3 is 1. The smallest absolute Gasteiger partial charge is 0.272 e. The number of halogens is 2. The number of ether oxygens (including phenoxy) is 2. The van der Waals surface area contributed by atoms with Crippen LogP contribution in [0.2, 0.25) is 0 Å². The molecule has 0 unspecified atom stereocenters. The van der Waals surface area contributed by atoms with Gasteiger partial charge in [0.2, 0.25) is 0 Å². The molecule has 0 heterocycles. The third kappa shape index (κ3) is 3.05. The van der Waals surface area contributed by atoms with Gasteiger partial charge in [0.05, 0.1) is 22.6 Å². The first-order valence-corrected chi connectivity index (χ1v) is 6.26. The normalized spacial score (nSPS) is 10.2. The number of rotatable bonds is 4. The van der Waals surface area contributed by atoms with Gasteiger partial charge < -0.3 is 9.47 Å². The van der Waals surface area contributed by atoms with Crippen molar-refractivity contribution in [3.63, 3.8) is 0 Å². The fourth-order valence-corrected chi connectivity index (χ4v) is 2.04. The molecule has 20 heavy (non-hydrogen) atoms. The lowest BCUT2D eigenvalue weighted by Crippen LogP contribution is -1.93. The molecule has 0 aromatic heterocycles. The fraction of sp³-hybridized carbons (Fsp3) is 0.0769. The Kier molecular flexibility index (Phi) is 4.19. The summed E-state index contributed by atoms with van der Waals surface area (Å²) in [5.74, 6) is 0.103. The van der Waals surface area contributed by atoms with Crippen molar-refractivity contribution >= 4 is 21.6 Å². The summed E-state index contributed by atoms with van der Waals surface area (Å²) >= 11 is 3.28. The highest BCUT2D eigenvalue weighted by atomic mass is 79.9. The first kappa shape index (κ1) is 14.3. The summed E-state index contributed by atoms with van der Waals surface area (Å²) in [5, 5.41) is 10.5. The standard InChI is InChI=1S/C13H9BrFNO4/c1-19-12-5-3-9(7-10(12)14)20-13-4-2-8(16(17)18)6-11(13)15/h2-7H,1H3. The zero-order valence-electron chi connectivity index (χ0n) is 10.3. The lowest BCUT2D eigenvalue weighted by Gasteiger charge is -2.09. The van der Waals surface area contributed by atoms with E-state index in [4.69, 9.17) is 9.47 Å². The van der Waals surface area contributed by atoms with Crippen LogP contribution < -0.4 is 9.47 Å². The van der Waals surface area contributed by atoms with Crippen molar-refractivity contribution in [2.75, 3.05) is 7.11 Å². The van der Waals surface area contributed by atoms with Gasteiger partial charge in [-0.2, -0.15) is 0 Å². The molecule has 2 aromatic rings. The van der Waals surface area contributed by atoms with Crippen molar-refractivity contribution in [1.29, 1.82) is 0 Å². The minimum absolute atomic E-state index is 0.0901. The molecule has 7 heteroatoms. The number of nitrogens with zero attached hydrogens (tertiary/aromatic N) is 1. The molecule has 104 valence electrons. The third-order valence-corrected chi connectivity index (χ3v) is 3.10. The zero-order valence-corrected chi connectivity index (χ0v) is 11.9. The van der Waals surface area contributed by atoms with Crippen LogP contribution in [0, 0.1) is 15.9 Å². The van der Waals surface area contributed by atoms with E-state index in [0.717, 1.165) is 6.07 Å². The first-order valence-electron chi connectivity index (χ1n) is 5.46. The molecule has 0 saturated carbocycles. The molecular formula is C13H9BrFNO4. The van der Waals surface area contributed by atoms with Crippen LogP contribution in [0.3, 0.4) is 0 Å². The maximum absolute atomic E-state index is 13.7. The Morgan fingerprint density at radius 2 is 1.90 bits per heavy atom. The summed E-state index contributed by atoms with van der Waals surface area (Å²) in [5.41, 5.74) is -0.328. The Bertz CT molecular complexity index is 663. The van der Waals surface area contributed by atoms with E-state index in [0.29, 0.717) is 16.0 Å². The molecule has 0 bridgehead atoms. The highest BCUT2D eigenvalue weighted by Gasteiger charge is 2.12. The van der Waals surface area contributed by atoms with E-state index < -0.39 is 10.7 Å². The second-order valence-electron chi connectivity index (χ2n) is 3.77. The van der Waals surface area contributed by atoms with Crippen LogP contribution in [-0.4, -0.2) is 12.0 Å². The van der Waals surface area contributed by atoms with E-state index in [1.54, 1.807) is 18.2 Å². The van der Waals surface area contributed by atoms with E-state index in [-0.39, 0.29) is 11.4 Å². The van der Waals surface area contributed by atoms with Crippen LogP contribution >= 0.6 is 15.9 Å². The summed E-state index contributed by atoms with van der Waals surface area (Å²) < 4.78 is 24.7. The summed E-state index contributed by atoms with van der Waals surface area (Å²) in [6.45, 7) is 0. The van der Waals surface area contributed by atoms with Gasteiger partial charge in [-0.25, -0.2) is 4.39 Å². The van der Waals surface area contributed by atoms with E-state index in [9.17, 15) is 14.5 Å². The Balaban J connectivity index is 2.26. The molecular weight excluding hydrogens is 333 g/mol. The van der Waals surface area contributed by atoms with Gasteiger partial charge in [-0.05, 0) is 40.2 Å².